The summed E-state index contributed by atoms with van der Waals surface area (Å²) in [5, 5.41) is 0. The van der Waals surface area contributed by atoms with Gasteiger partial charge in [0.2, 0.25) is 0 Å². The molecule has 0 fully saturated rings. The van der Waals surface area contributed by atoms with Crippen LogP contribution >= 0.6 is 0 Å². The third-order valence-corrected chi connectivity index (χ3v) is 11.6. The lowest BCUT2D eigenvalue weighted by Crippen LogP contribution is -2.00. The van der Waals surface area contributed by atoms with Gasteiger partial charge in [-0.1, -0.05) is 218 Å². The molecule has 2 heterocycles. The van der Waals surface area contributed by atoms with Crippen molar-refractivity contribution in [2.45, 2.75) is 0 Å². The van der Waals surface area contributed by atoms with Crippen molar-refractivity contribution in [2.75, 3.05) is 0 Å². The molecule has 0 amide bonds. The van der Waals surface area contributed by atoms with E-state index in [1.807, 2.05) is 72.8 Å². The maximum atomic E-state index is 5.10. The SMILES string of the molecule is c1ccc(-c2ccc(-c3nc(-c4ccccc4)nc(-c4cccc(-c5cccc(-c6cccc(-c7nc(-c8ccccc8)nc(-c8cccc(-c9ccccc9)c8)n7)c6)c5)c4)n3)cc2)cc1. The summed E-state index contributed by atoms with van der Waals surface area (Å²) in [5.74, 6) is 3.69. The number of rotatable bonds is 10. The summed E-state index contributed by atoms with van der Waals surface area (Å²) in [7, 11) is 0. The number of benzene rings is 9. The molecule has 0 bridgehead atoms. The van der Waals surface area contributed by atoms with Gasteiger partial charge in [-0.05, 0) is 68.8 Å². The molecule has 0 radical (unpaired) electrons. The van der Waals surface area contributed by atoms with Crippen molar-refractivity contribution in [2.24, 2.45) is 0 Å². The minimum Gasteiger partial charge on any atom is -0.208 e. The molecule has 0 N–H and O–H groups in total. The molecular formula is C60H40N6. The topological polar surface area (TPSA) is 77.3 Å². The molecule has 0 aliphatic rings. The van der Waals surface area contributed by atoms with Crippen LogP contribution in [0.5, 0.6) is 0 Å². The highest BCUT2D eigenvalue weighted by molar-refractivity contribution is 5.79. The molecule has 0 aliphatic carbocycles. The van der Waals surface area contributed by atoms with Gasteiger partial charge in [0.15, 0.2) is 34.9 Å². The first-order chi connectivity index (χ1) is 32.7. The van der Waals surface area contributed by atoms with Crippen LogP contribution in [0.2, 0.25) is 0 Å². The van der Waals surface area contributed by atoms with Crippen molar-refractivity contribution in [3.05, 3.63) is 243 Å². The van der Waals surface area contributed by atoms with E-state index in [0.29, 0.717) is 34.9 Å². The Balaban J connectivity index is 0.934. The number of nitrogens with zero attached hydrogens (tertiary/aromatic N) is 6. The monoisotopic (exact) mass is 844 g/mol. The Labute approximate surface area is 383 Å². The van der Waals surface area contributed by atoms with Gasteiger partial charge in [0, 0.05) is 33.4 Å². The molecule has 310 valence electrons. The van der Waals surface area contributed by atoms with E-state index in [1.165, 1.54) is 0 Å². The molecule has 6 nitrogen and oxygen atoms in total. The Bertz CT molecular complexity index is 3450. The second-order valence-electron chi connectivity index (χ2n) is 16.0. The van der Waals surface area contributed by atoms with E-state index in [4.69, 9.17) is 29.9 Å². The van der Waals surface area contributed by atoms with Crippen LogP contribution in [-0.4, -0.2) is 29.9 Å². The van der Waals surface area contributed by atoms with E-state index < -0.39 is 0 Å². The maximum Gasteiger partial charge on any atom is 0.164 e. The summed E-state index contributed by atoms with van der Waals surface area (Å²) >= 11 is 0. The molecular weight excluding hydrogens is 805 g/mol. The molecule has 6 heteroatoms. The first-order valence-electron chi connectivity index (χ1n) is 21.9. The highest BCUT2D eigenvalue weighted by atomic mass is 15.0. The fraction of sp³-hybridized carbons (Fsp3) is 0. The Morgan fingerprint density at radius 3 is 0.652 bits per heavy atom. The summed E-state index contributed by atoms with van der Waals surface area (Å²) in [6.45, 7) is 0. The van der Waals surface area contributed by atoms with Crippen LogP contribution in [0.25, 0.3) is 113 Å². The van der Waals surface area contributed by atoms with Crippen molar-refractivity contribution in [1.29, 1.82) is 0 Å². The lowest BCUT2D eigenvalue weighted by Gasteiger charge is -2.12. The van der Waals surface area contributed by atoms with E-state index in [0.717, 1.165) is 77.9 Å². The Morgan fingerprint density at radius 1 is 0.136 bits per heavy atom. The molecule has 11 aromatic rings. The number of hydrogen-bond acceptors (Lipinski definition) is 6. The molecule has 66 heavy (non-hydrogen) atoms. The zero-order chi connectivity index (χ0) is 44.1. The zero-order valence-corrected chi connectivity index (χ0v) is 35.8. The van der Waals surface area contributed by atoms with Crippen LogP contribution in [0.1, 0.15) is 0 Å². The molecule has 0 aliphatic heterocycles. The third kappa shape index (κ3) is 8.54. The average Bonchev–Trinajstić information content (AvgIpc) is 3.42. The molecule has 0 spiro atoms. The summed E-state index contributed by atoms with van der Waals surface area (Å²) < 4.78 is 0. The van der Waals surface area contributed by atoms with E-state index >= 15 is 0 Å². The lowest BCUT2D eigenvalue weighted by molar-refractivity contribution is 1.07. The van der Waals surface area contributed by atoms with Gasteiger partial charge in [-0.25, -0.2) is 29.9 Å². The van der Waals surface area contributed by atoms with E-state index in [9.17, 15) is 0 Å². The normalized spacial score (nSPS) is 11.0. The predicted octanol–water partition coefficient (Wildman–Crippen LogP) is 14.7. The van der Waals surface area contributed by atoms with Crippen LogP contribution in [0, 0.1) is 0 Å². The maximum absolute atomic E-state index is 5.10. The first-order valence-corrected chi connectivity index (χ1v) is 21.9. The highest BCUT2D eigenvalue weighted by Crippen LogP contribution is 2.34. The molecule has 0 atom stereocenters. The van der Waals surface area contributed by atoms with E-state index in [-0.39, 0.29) is 0 Å². The molecule has 0 saturated heterocycles. The second kappa shape index (κ2) is 18.0. The summed E-state index contributed by atoms with van der Waals surface area (Å²) in [5.41, 5.74) is 14.3. The van der Waals surface area contributed by atoms with Gasteiger partial charge >= 0.3 is 0 Å². The average molecular weight is 845 g/mol. The fourth-order valence-electron chi connectivity index (χ4n) is 8.17. The Morgan fingerprint density at radius 2 is 0.318 bits per heavy atom. The van der Waals surface area contributed by atoms with Crippen molar-refractivity contribution < 1.29 is 0 Å². The van der Waals surface area contributed by atoms with Crippen LogP contribution in [-0.2, 0) is 0 Å². The minimum atomic E-state index is 0.605. The van der Waals surface area contributed by atoms with Crippen LogP contribution in [0.3, 0.4) is 0 Å². The van der Waals surface area contributed by atoms with Crippen molar-refractivity contribution in [1.82, 2.24) is 29.9 Å². The van der Waals surface area contributed by atoms with Crippen molar-refractivity contribution >= 4 is 0 Å². The Hall–Kier alpha value is -9.00. The van der Waals surface area contributed by atoms with Gasteiger partial charge in [-0.3, -0.25) is 0 Å². The van der Waals surface area contributed by atoms with Gasteiger partial charge < -0.3 is 0 Å². The number of hydrogen-bond donors (Lipinski definition) is 0. The predicted molar refractivity (Wildman–Crippen MR) is 268 cm³/mol. The zero-order valence-electron chi connectivity index (χ0n) is 35.8. The number of aromatic nitrogens is 6. The van der Waals surface area contributed by atoms with Gasteiger partial charge in [0.05, 0.1) is 0 Å². The Kier molecular flexibility index (Phi) is 10.9. The van der Waals surface area contributed by atoms with Gasteiger partial charge in [-0.2, -0.15) is 0 Å². The molecule has 9 aromatic carbocycles. The fourth-order valence-corrected chi connectivity index (χ4v) is 8.17. The van der Waals surface area contributed by atoms with E-state index in [1.54, 1.807) is 0 Å². The first kappa shape index (κ1) is 39.8. The van der Waals surface area contributed by atoms with Crippen LogP contribution < -0.4 is 0 Å². The quantitative estimate of drug-likeness (QED) is 0.136. The van der Waals surface area contributed by atoms with Crippen molar-refractivity contribution in [3.63, 3.8) is 0 Å². The standard InChI is InChI=1S/C60H40N6/c1-5-17-41(18-6-1)43-33-35-46(36-34-43)57-61-55(44-21-9-3-10-22-44)62-58(65-57)53-31-15-28-50(39-53)48-26-13-27-49(37-48)51-29-16-32-54(40-51)60-64-56(45-23-11-4-12-24-45)63-59(66-60)52-30-14-25-47(38-52)42-19-7-2-8-20-42/h1-40H. The molecule has 0 unspecified atom stereocenters. The third-order valence-electron chi connectivity index (χ3n) is 11.6. The van der Waals surface area contributed by atoms with Crippen LogP contribution in [0.4, 0.5) is 0 Å². The molecule has 0 saturated carbocycles. The summed E-state index contributed by atoms with van der Waals surface area (Å²) in [6, 6.07) is 83.1. The van der Waals surface area contributed by atoms with Crippen LogP contribution in [0.15, 0.2) is 243 Å². The van der Waals surface area contributed by atoms with Gasteiger partial charge in [-0.15, -0.1) is 0 Å². The van der Waals surface area contributed by atoms with Gasteiger partial charge in [0.25, 0.3) is 0 Å². The van der Waals surface area contributed by atoms with Crippen molar-refractivity contribution in [3.8, 4) is 113 Å². The lowest BCUT2D eigenvalue weighted by atomic mass is 9.97. The molecule has 11 rings (SSSR count). The van der Waals surface area contributed by atoms with Gasteiger partial charge in [0.1, 0.15) is 0 Å². The smallest absolute Gasteiger partial charge is 0.164 e. The minimum absolute atomic E-state index is 0.605. The highest BCUT2D eigenvalue weighted by Gasteiger charge is 2.16. The second-order valence-corrected chi connectivity index (χ2v) is 16.0. The largest absolute Gasteiger partial charge is 0.208 e. The van der Waals surface area contributed by atoms with E-state index in [2.05, 4.69) is 170 Å². The molecule has 2 aromatic heterocycles. The summed E-state index contributed by atoms with van der Waals surface area (Å²) in [4.78, 5) is 30.2. The summed E-state index contributed by atoms with van der Waals surface area (Å²) in [6.07, 6.45) is 0.